The minimum absolute atomic E-state index is 0.236. The van der Waals surface area contributed by atoms with Gasteiger partial charge in [-0.25, -0.2) is 0 Å². The molecule has 1 saturated carbocycles. The zero-order chi connectivity index (χ0) is 14.5. The van der Waals surface area contributed by atoms with Gasteiger partial charge >= 0.3 is 0 Å². The Morgan fingerprint density at radius 3 is 2.35 bits per heavy atom. The van der Waals surface area contributed by atoms with Gasteiger partial charge < -0.3 is 9.84 Å². The molecule has 1 unspecified atom stereocenters. The van der Waals surface area contributed by atoms with E-state index in [1.165, 1.54) is 0 Å². The maximum Gasteiger partial charge on any atom is 0.230 e. The summed E-state index contributed by atoms with van der Waals surface area (Å²) in [6, 6.07) is 0.236. The molecule has 1 aromatic rings. The molecule has 1 aliphatic carbocycles. The molecule has 2 aliphatic rings. The summed E-state index contributed by atoms with van der Waals surface area (Å²) in [7, 11) is 0. The van der Waals surface area contributed by atoms with Crippen LogP contribution < -0.4 is 5.32 Å². The lowest BCUT2D eigenvalue weighted by atomic mass is 10.0. The second-order valence-electron chi connectivity index (χ2n) is 7.33. The average Bonchev–Trinajstić information content (AvgIpc) is 2.75. The highest BCUT2D eigenvalue weighted by Gasteiger charge is 2.68. The zero-order valence-corrected chi connectivity index (χ0v) is 13.2. The van der Waals surface area contributed by atoms with Gasteiger partial charge in [0.2, 0.25) is 5.89 Å². The number of hydrogen-bond acceptors (Lipinski definition) is 5. The fourth-order valence-corrected chi connectivity index (χ4v) is 3.58. The van der Waals surface area contributed by atoms with Crippen LogP contribution in [0.25, 0.3) is 0 Å². The van der Waals surface area contributed by atoms with Crippen molar-refractivity contribution >= 4 is 0 Å². The number of rotatable bonds is 3. The van der Waals surface area contributed by atoms with Crippen LogP contribution in [-0.4, -0.2) is 41.2 Å². The minimum Gasteiger partial charge on any atom is -0.339 e. The van der Waals surface area contributed by atoms with Crippen molar-refractivity contribution in [1.29, 1.82) is 0 Å². The van der Waals surface area contributed by atoms with Crippen LogP contribution in [0.5, 0.6) is 0 Å². The summed E-state index contributed by atoms with van der Waals surface area (Å²) in [4.78, 5) is 7.11. The molecule has 0 spiro atoms. The lowest BCUT2D eigenvalue weighted by molar-refractivity contribution is 0.176. The normalized spacial score (nSPS) is 27.4. The molecule has 2 heterocycles. The molecule has 1 aliphatic heterocycles. The summed E-state index contributed by atoms with van der Waals surface area (Å²) < 4.78 is 5.57. The second-order valence-corrected chi connectivity index (χ2v) is 7.33. The van der Waals surface area contributed by atoms with Crippen LogP contribution in [0.3, 0.4) is 0 Å². The quantitative estimate of drug-likeness (QED) is 0.918. The van der Waals surface area contributed by atoms with Gasteiger partial charge in [-0.1, -0.05) is 32.9 Å². The maximum atomic E-state index is 5.57. The molecule has 0 radical (unpaired) electrons. The van der Waals surface area contributed by atoms with Gasteiger partial charge in [0.05, 0.1) is 6.04 Å². The Morgan fingerprint density at radius 2 is 1.80 bits per heavy atom. The molecule has 1 N–H and O–H groups in total. The van der Waals surface area contributed by atoms with Gasteiger partial charge in [-0.2, -0.15) is 4.98 Å². The smallest absolute Gasteiger partial charge is 0.230 e. The van der Waals surface area contributed by atoms with Crippen molar-refractivity contribution in [2.75, 3.05) is 26.2 Å². The van der Waals surface area contributed by atoms with E-state index in [-0.39, 0.29) is 16.9 Å². The fourth-order valence-electron chi connectivity index (χ4n) is 3.58. The Morgan fingerprint density at radius 1 is 1.20 bits per heavy atom. The molecule has 0 bridgehead atoms. The summed E-state index contributed by atoms with van der Waals surface area (Å²) in [6.07, 6.45) is 0. The van der Waals surface area contributed by atoms with Crippen molar-refractivity contribution in [3.05, 3.63) is 11.7 Å². The molecule has 1 saturated heterocycles. The van der Waals surface area contributed by atoms with Gasteiger partial charge in [0.15, 0.2) is 5.82 Å². The minimum atomic E-state index is 0.236. The van der Waals surface area contributed by atoms with Crippen molar-refractivity contribution in [3.63, 3.8) is 0 Å². The third-order valence-corrected chi connectivity index (χ3v) is 5.80. The van der Waals surface area contributed by atoms with Crippen LogP contribution in [0.4, 0.5) is 0 Å². The first-order chi connectivity index (χ1) is 9.35. The van der Waals surface area contributed by atoms with Crippen molar-refractivity contribution < 1.29 is 4.52 Å². The van der Waals surface area contributed by atoms with E-state index in [0.29, 0.717) is 5.92 Å². The summed E-state index contributed by atoms with van der Waals surface area (Å²) in [5.41, 5.74) is 0.490. The van der Waals surface area contributed by atoms with E-state index >= 15 is 0 Å². The third kappa shape index (κ3) is 1.99. The molecular formula is C15H26N4O. The van der Waals surface area contributed by atoms with E-state index in [4.69, 9.17) is 9.51 Å². The Labute approximate surface area is 121 Å². The van der Waals surface area contributed by atoms with Gasteiger partial charge in [-0.05, 0) is 17.8 Å². The van der Waals surface area contributed by atoms with E-state index in [2.05, 4.69) is 50.0 Å². The van der Waals surface area contributed by atoms with E-state index < -0.39 is 0 Å². The lowest BCUT2D eigenvalue weighted by Crippen LogP contribution is -2.44. The zero-order valence-electron chi connectivity index (χ0n) is 13.2. The van der Waals surface area contributed by atoms with Crippen LogP contribution in [0, 0.1) is 10.8 Å². The van der Waals surface area contributed by atoms with Crippen molar-refractivity contribution in [2.24, 2.45) is 10.8 Å². The number of nitrogens with one attached hydrogen (secondary N) is 1. The highest BCUT2D eigenvalue weighted by Crippen LogP contribution is 2.73. The summed E-state index contributed by atoms with van der Waals surface area (Å²) in [6.45, 7) is 15.5. The van der Waals surface area contributed by atoms with Crippen LogP contribution in [0.1, 0.15) is 58.3 Å². The standard InChI is InChI=1S/C15H26N4O/c1-10(19-8-6-16-7-9-19)12-17-13(20-18-12)11-14(2,3)15(11,4)5/h10-11,16H,6-9H2,1-5H3. The first-order valence-electron chi connectivity index (χ1n) is 7.64. The second kappa shape index (κ2) is 4.53. The Balaban J connectivity index is 1.74. The van der Waals surface area contributed by atoms with Gasteiger partial charge in [-0.15, -0.1) is 0 Å². The van der Waals surface area contributed by atoms with E-state index in [9.17, 15) is 0 Å². The molecule has 1 aromatic heterocycles. The third-order valence-electron chi connectivity index (χ3n) is 5.80. The molecule has 2 fully saturated rings. The molecule has 5 heteroatoms. The highest BCUT2D eigenvalue weighted by atomic mass is 16.5. The summed E-state index contributed by atoms with van der Waals surface area (Å²) >= 11 is 0. The van der Waals surface area contributed by atoms with Crippen molar-refractivity contribution in [3.8, 4) is 0 Å². The highest BCUT2D eigenvalue weighted by molar-refractivity contribution is 5.25. The summed E-state index contributed by atoms with van der Waals surface area (Å²) in [5, 5.41) is 7.61. The van der Waals surface area contributed by atoms with Gasteiger partial charge in [0.1, 0.15) is 0 Å². The Hall–Kier alpha value is -0.940. The Kier molecular flexibility index (Phi) is 3.18. The predicted molar refractivity (Wildman–Crippen MR) is 77.5 cm³/mol. The largest absolute Gasteiger partial charge is 0.339 e. The first-order valence-corrected chi connectivity index (χ1v) is 7.64. The first kappa shape index (κ1) is 14.0. The predicted octanol–water partition coefficient (Wildman–Crippen LogP) is 2.19. The van der Waals surface area contributed by atoms with Crippen LogP contribution in [0.2, 0.25) is 0 Å². The van der Waals surface area contributed by atoms with E-state index in [1.807, 2.05) is 0 Å². The number of nitrogens with zero attached hydrogens (tertiary/aromatic N) is 3. The van der Waals surface area contributed by atoms with Crippen LogP contribution >= 0.6 is 0 Å². The maximum absolute atomic E-state index is 5.57. The van der Waals surface area contributed by atoms with E-state index in [0.717, 1.165) is 37.9 Å². The van der Waals surface area contributed by atoms with Gasteiger partial charge in [-0.3, -0.25) is 4.90 Å². The van der Waals surface area contributed by atoms with Gasteiger partial charge in [0.25, 0.3) is 0 Å². The van der Waals surface area contributed by atoms with E-state index in [1.54, 1.807) is 0 Å². The fraction of sp³-hybridized carbons (Fsp3) is 0.867. The topological polar surface area (TPSA) is 54.2 Å². The molecule has 0 amide bonds. The molecule has 0 aromatic carbocycles. The molecule has 5 nitrogen and oxygen atoms in total. The molecular weight excluding hydrogens is 252 g/mol. The summed E-state index contributed by atoms with van der Waals surface area (Å²) in [5.74, 6) is 2.03. The number of hydrogen-bond donors (Lipinski definition) is 1. The van der Waals surface area contributed by atoms with Crippen molar-refractivity contribution in [2.45, 2.75) is 46.6 Å². The molecule has 112 valence electrons. The molecule has 3 rings (SSSR count). The number of aromatic nitrogens is 2. The van der Waals surface area contributed by atoms with Crippen LogP contribution in [-0.2, 0) is 0 Å². The number of piperazine rings is 1. The average molecular weight is 278 g/mol. The van der Waals surface area contributed by atoms with Gasteiger partial charge in [0, 0.05) is 32.1 Å². The monoisotopic (exact) mass is 278 g/mol. The lowest BCUT2D eigenvalue weighted by Gasteiger charge is -2.30. The van der Waals surface area contributed by atoms with Crippen LogP contribution in [0.15, 0.2) is 4.52 Å². The molecule has 1 atom stereocenters. The molecule has 20 heavy (non-hydrogen) atoms. The van der Waals surface area contributed by atoms with Crippen molar-refractivity contribution in [1.82, 2.24) is 20.4 Å². The Bertz CT molecular complexity index is 474. The SMILES string of the molecule is CC(c1noc(C2C(C)(C)C2(C)C)n1)N1CCNCC1.